The molecule has 8 heteroatoms. The Balaban J connectivity index is 2.09. The van der Waals surface area contributed by atoms with E-state index in [-0.39, 0.29) is 19.1 Å². The molecule has 0 bridgehead atoms. The molecule has 0 saturated carbocycles. The summed E-state index contributed by atoms with van der Waals surface area (Å²) >= 11 is 0. The zero-order valence-corrected chi connectivity index (χ0v) is 19.0. The number of anilines is 1. The zero-order valence-electron chi connectivity index (χ0n) is 18.1. The van der Waals surface area contributed by atoms with Gasteiger partial charge in [-0.1, -0.05) is 25.1 Å². The van der Waals surface area contributed by atoms with E-state index in [1.807, 2.05) is 32.0 Å². The number of amides is 1. The maximum atomic E-state index is 12.8. The van der Waals surface area contributed by atoms with E-state index in [9.17, 15) is 13.2 Å². The molecule has 2 aromatic carbocycles. The summed E-state index contributed by atoms with van der Waals surface area (Å²) in [5, 5.41) is 2.78. The van der Waals surface area contributed by atoms with Gasteiger partial charge in [0.15, 0.2) is 11.5 Å². The number of para-hydroxylation sites is 2. The lowest BCUT2D eigenvalue weighted by molar-refractivity contribution is -0.122. The Morgan fingerprint density at radius 1 is 1.10 bits per heavy atom. The normalized spacial score (nSPS) is 12.2. The molecule has 0 aliphatic heterocycles. The molecule has 30 heavy (non-hydrogen) atoms. The van der Waals surface area contributed by atoms with Gasteiger partial charge in [0, 0.05) is 0 Å². The van der Waals surface area contributed by atoms with Crippen LogP contribution in [0.25, 0.3) is 0 Å². The number of carbonyl (C=O) groups is 1. The van der Waals surface area contributed by atoms with Gasteiger partial charge in [0.2, 0.25) is 15.9 Å². The molecule has 1 N–H and O–H groups in total. The van der Waals surface area contributed by atoms with Crippen LogP contribution in [-0.2, 0) is 14.8 Å². The summed E-state index contributed by atoms with van der Waals surface area (Å²) < 4.78 is 37.1. The van der Waals surface area contributed by atoms with Crippen LogP contribution in [0.3, 0.4) is 0 Å². The SMILES string of the molecule is CCC(C(=O)NCCOc1ccccc1OC)N(c1ccc(C)c(C)c1)S(C)(=O)=O. The molecule has 2 aromatic rings. The van der Waals surface area contributed by atoms with Crippen LogP contribution in [0.2, 0.25) is 0 Å². The third kappa shape index (κ3) is 5.89. The van der Waals surface area contributed by atoms with Crippen LogP contribution in [0.15, 0.2) is 42.5 Å². The molecule has 0 spiro atoms. The van der Waals surface area contributed by atoms with Gasteiger partial charge in [-0.2, -0.15) is 0 Å². The number of sulfonamides is 1. The predicted octanol–water partition coefficient (Wildman–Crippen LogP) is 3.05. The Kier molecular flexibility index (Phi) is 8.11. The Bertz CT molecular complexity index is 975. The highest BCUT2D eigenvalue weighted by Crippen LogP contribution is 2.26. The summed E-state index contributed by atoms with van der Waals surface area (Å²) in [4.78, 5) is 12.8. The van der Waals surface area contributed by atoms with E-state index in [0.717, 1.165) is 17.4 Å². The molecule has 0 saturated heterocycles. The minimum atomic E-state index is -3.66. The number of nitrogens with one attached hydrogen (secondary N) is 1. The summed E-state index contributed by atoms with van der Waals surface area (Å²) in [7, 11) is -2.10. The zero-order chi connectivity index (χ0) is 22.3. The van der Waals surface area contributed by atoms with E-state index in [1.54, 1.807) is 38.3 Å². The molecule has 0 radical (unpaired) electrons. The summed E-state index contributed by atoms with van der Waals surface area (Å²) in [6.07, 6.45) is 1.45. The second-order valence-electron chi connectivity index (χ2n) is 7.04. The predicted molar refractivity (Wildman–Crippen MR) is 119 cm³/mol. The molecule has 2 rings (SSSR count). The average Bonchev–Trinajstić information content (AvgIpc) is 2.70. The van der Waals surface area contributed by atoms with Crippen LogP contribution in [0.5, 0.6) is 11.5 Å². The third-order valence-electron chi connectivity index (χ3n) is 4.80. The molecule has 0 aromatic heterocycles. The Hall–Kier alpha value is -2.74. The highest BCUT2D eigenvalue weighted by atomic mass is 32.2. The highest BCUT2D eigenvalue weighted by Gasteiger charge is 2.31. The summed E-state index contributed by atoms with van der Waals surface area (Å²) in [5.74, 6) is 0.812. The van der Waals surface area contributed by atoms with E-state index in [0.29, 0.717) is 23.6 Å². The van der Waals surface area contributed by atoms with Gasteiger partial charge in [-0.05, 0) is 55.7 Å². The van der Waals surface area contributed by atoms with Gasteiger partial charge >= 0.3 is 0 Å². The fourth-order valence-electron chi connectivity index (χ4n) is 3.11. The van der Waals surface area contributed by atoms with Crippen LogP contribution in [0.4, 0.5) is 5.69 Å². The maximum absolute atomic E-state index is 12.8. The van der Waals surface area contributed by atoms with Gasteiger partial charge in [0.05, 0.1) is 25.6 Å². The topological polar surface area (TPSA) is 84.9 Å². The number of ether oxygens (including phenoxy) is 2. The van der Waals surface area contributed by atoms with Gasteiger partial charge in [0.1, 0.15) is 12.6 Å². The van der Waals surface area contributed by atoms with Crippen molar-refractivity contribution in [2.45, 2.75) is 33.2 Å². The number of carbonyl (C=O) groups excluding carboxylic acids is 1. The van der Waals surface area contributed by atoms with Crippen LogP contribution < -0.4 is 19.1 Å². The summed E-state index contributed by atoms with van der Waals surface area (Å²) in [5.41, 5.74) is 2.49. The van der Waals surface area contributed by atoms with Gasteiger partial charge in [0.25, 0.3) is 0 Å². The molecule has 0 aliphatic rings. The Labute approximate surface area is 179 Å². The van der Waals surface area contributed by atoms with Crippen molar-refractivity contribution in [1.29, 1.82) is 0 Å². The number of nitrogens with zero attached hydrogens (tertiary/aromatic N) is 1. The van der Waals surface area contributed by atoms with Crippen molar-refractivity contribution in [2.24, 2.45) is 0 Å². The number of methoxy groups -OCH3 is 1. The van der Waals surface area contributed by atoms with E-state index in [4.69, 9.17) is 9.47 Å². The van der Waals surface area contributed by atoms with Crippen LogP contribution in [0.1, 0.15) is 24.5 Å². The number of hydrogen-bond acceptors (Lipinski definition) is 5. The molecule has 1 unspecified atom stereocenters. The van der Waals surface area contributed by atoms with Crippen molar-refractivity contribution in [1.82, 2.24) is 5.32 Å². The molecule has 0 heterocycles. The third-order valence-corrected chi connectivity index (χ3v) is 5.98. The first-order valence-electron chi connectivity index (χ1n) is 9.79. The van der Waals surface area contributed by atoms with Crippen molar-refractivity contribution in [3.8, 4) is 11.5 Å². The number of rotatable bonds is 10. The quantitative estimate of drug-likeness (QED) is 0.581. The first kappa shape index (κ1) is 23.5. The van der Waals surface area contributed by atoms with Crippen molar-refractivity contribution in [3.05, 3.63) is 53.6 Å². The average molecular weight is 435 g/mol. The van der Waals surface area contributed by atoms with E-state index in [1.165, 1.54) is 4.31 Å². The largest absolute Gasteiger partial charge is 0.493 e. The molecule has 1 amide bonds. The number of hydrogen-bond donors (Lipinski definition) is 1. The molecule has 164 valence electrons. The molecule has 1 atom stereocenters. The minimum absolute atomic E-state index is 0.227. The van der Waals surface area contributed by atoms with Gasteiger partial charge in [-0.3, -0.25) is 9.10 Å². The van der Waals surface area contributed by atoms with Crippen LogP contribution in [-0.4, -0.2) is 46.9 Å². The van der Waals surface area contributed by atoms with E-state index >= 15 is 0 Å². The second-order valence-corrected chi connectivity index (χ2v) is 8.90. The first-order chi connectivity index (χ1) is 14.2. The van der Waals surface area contributed by atoms with Crippen molar-refractivity contribution < 1.29 is 22.7 Å². The fraction of sp³-hybridized carbons (Fsp3) is 0.409. The van der Waals surface area contributed by atoms with E-state index < -0.39 is 16.1 Å². The molecule has 7 nitrogen and oxygen atoms in total. The maximum Gasteiger partial charge on any atom is 0.244 e. The molecular weight excluding hydrogens is 404 g/mol. The molecular formula is C22H30N2O5S. The Morgan fingerprint density at radius 2 is 1.77 bits per heavy atom. The van der Waals surface area contributed by atoms with Gasteiger partial charge in [-0.25, -0.2) is 8.42 Å². The second kappa shape index (κ2) is 10.3. The first-order valence-corrected chi connectivity index (χ1v) is 11.6. The highest BCUT2D eigenvalue weighted by molar-refractivity contribution is 7.92. The van der Waals surface area contributed by atoms with Crippen molar-refractivity contribution >= 4 is 21.6 Å². The number of benzene rings is 2. The lowest BCUT2D eigenvalue weighted by atomic mass is 10.1. The molecule has 0 aliphatic carbocycles. The minimum Gasteiger partial charge on any atom is -0.493 e. The molecule has 0 fully saturated rings. The van der Waals surface area contributed by atoms with Crippen molar-refractivity contribution in [2.75, 3.05) is 30.8 Å². The van der Waals surface area contributed by atoms with Crippen LogP contribution >= 0.6 is 0 Å². The fourth-order valence-corrected chi connectivity index (χ4v) is 4.32. The van der Waals surface area contributed by atoms with Crippen LogP contribution in [0, 0.1) is 13.8 Å². The summed E-state index contributed by atoms with van der Waals surface area (Å²) in [6.45, 7) is 6.11. The van der Waals surface area contributed by atoms with Gasteiger partial charge < -0.3 is 14.8 Å². The lowest BCUT2D eigenvalue weighted by Crippen LogP contribution is -2.50. The van der Waals surface area contributed by atoms with Crippen molar-refractivity contribution in [3.63, 3.8) is 0 Å². The summed E-state index contributed by atoms with van der Waals surface area (Å²) in [6, 6.07) is 11.8. The van der Waals surface area contributed by atoms with Gasteiger partial charge in [-0.15, -0.1) is 0 Å². The standard InChI is InChI=1S/C22H30N2O5S/c1-6-19(24(30(5,26)27)18-12-11-16(2)17(3)15-18)22(25)23-13-14-29-21-10-8-7-9-20(21)28-4/h7-12,15,19H,6,13-14H2,1-5H3,(H,23,25). The van der Waals surface area contributed by atoms with E-state index in [2.05, 4.69) is 5.32 Å². The lowest BCUT2D eigenvalue weighted by Gasteiger charge is -2.30. The Morgan fingerprint density at radius 3 is 2.33 bits per heavy atom. The number of aryl methyl sites for hydroxylation is 2. The smallest absolute Gasteiger partial charge is 0.244 e. The monoisotopic (exact) mass is 434 g/mol.